The van der Waals surface area contributed by atoms with Gasteiger partial charge in [-0.2, -0.15) is 0 Å². The molecular weight excluding hydrogens is 221 g/mol. The van der Waals surface area contributed by atoms with Gasteiger partial charge in [0.2, 0.25) is 5.91 Å². The molecule has 2 N–H and O–H groups in total. The van der Waals surface area contributed by atoms with E-state index >= 15 is 0 Å². The van der Waals surface area contributed by atoms with Crippen LogP contribution >= 0.6 is 11.6 Å². The maximum Gasteiger partial charge on any atom is 0.217 e. The van der Waals surface area contributed by atoms with Crippen LogP contribution in [0.1, 0.15) is 18.5 Å². The first kappa shape index (κ1) is 11.9. The first-order valence-electron chi connectivity index (χ1n) is 4.37. The van der Waals surface area contributed by atoms with Gasteiger partial charge in [-0.25, -0.2) is 4.39 Å². The fourth-order valence-electron chi connectivity index (χ4n) is 1.25. The third-order valence-corrected chi connectivity index (χ3v) is 2.13. The maximum atomic E-state index is 13.3. The van der Waals surface area contributed by atoms with Crippen LogP contribution < -0.4 is 5.32 Å². The van der Waals surface area contributed by atoms with Crippen LogP contribution in [0.15, 0.2) is 18.2 Å². The number of carbonyl (C=O) groups is 1. The van der Waals surface area contributed by atoms with Gasteiger partial charge in [0.15, 0.2) is 0 Å². The summed E-state index contributed by atoms with van der Waals surface area (Å²) in [6.07, 6.45) is 0. The normalized spacial score (nSPS) is 12.3. The zero-order valence-corrected chi connectivity index (χ0v) is 8.88. The number of nitrogens with one attached hydrogen (secondary N) is 1. The molecule has 5 heteroatoms. The minimum atomic E-state index is -0.763. The molecule has 1 rings (SSSR count). The molecule has 3 nitrogen and oxygen atoms in total. The first-order valence-corrected chi connectivity index (χ1v) is 4.75. The number of carbonyl (C=O) groups excluding carboxylic acids is 1. The number of rotatable bonds is 3. The van der Waals surface area contributed by atoms with Crippen molar-refractivity contribution in [3.63, 3.8) is 0 Å². The van der Waals surface area contributed by atoms with Crippen molar-refractivity contribution in [2.45, 2.75) is 13.0 Å². The predicted molar refractivity (Wildman–Crippen MR) is 55.1 cm³/mol. The van der Waals surface area contributed by atoms with Gasteiger partial charge < -0.3 is 10.4 Å². The zero-order valence-electron chi connectivity index (χ0n) is 8.13. The van der Waals surface area contributed by atoms with Gasteiger partial charge >= 0.3 is 0 Å². The highest BCUT2D eigenvalue weighted by Gasteiger charge is 2.15. The van der Waals surface area contributed by atoms with Crippen molar-refractivity contribution in [1.82, 2.24) is 5.32 Å². The van der Waals surface area contributed by atoms with Crippen LogP contribution in [-0.2, 0) is 4.79 Å². The van der Waals surface area contributed by atoms with E-state index < -0.39 is 11.9 Å². The van der Waals surface area contributed by atoms with Gasteiger partial charge in [0, 0.05) is 17.5 Å². The molecule has 0 aromatic heterocycles. The third kappa shape index (κ3) is 3.18. The van der Waals surface area contributed by atoms with Crippen LogP contribution in [0.5, 0.6) is 0 Å². The van der Waals surface area contributed by atoms with Crippen molar-refractivity contribution in [3.8, 4) is 0 Å². The van der Waals surface area contributed by atoms with Crippen LogP contribution in [-0.4, -0.2) is 17.6 Å². The van der Waals surface area contributed by atoms with Crippen molar-refractivity contribution < 1.29 is 14.3 Å². The highest BCUT2D eigenvalue weighted by atomic mass is 35.5. The minimum absolute atomic E-state index is 0.181. The van der Waals surface area contributed by atoms with Crippen LogP contribution in [0.3, 0.4) is 0 Å². The van der Waals surface area contributed by atoms with E-state index in [0.29, 0.717) is 5.02 Å². The highest BCUT2D eigenvalue weighted by molar-refractivity contribution is 6.30. The number of aliphatic hydroxyl groups is 1. The number of hydrogen-bond acceptors (Lipinski definition) is 2. The van der Waals surface area contributed by atoms with Crippen LogP contribution in [0.2, 0.25) is 5.02 Å². The quantitative estimate of drug-likeness (QED) is 0.831. The molecule has 0 bridgehead atoms. The third-order valence-electron chi connectivity index (χ3n) is 1.89. The molecule has 0 aliphatic heterocycles. The second-order valence-electron chi connectivity index (χ2n) is 3.10. The average Bonchev–Trinajstić information content (AvgIpc) is 2.18. The minimum Gasteiger partial charge on any atom is -0.394 e. The lowest BCUT2D eigenvalue weighted by Gasteiger charge is -2.16. The van der Waals surface area contributed by atoms with Crippen LogP contribution in [0.4, 0.5) is 4.39 Å². The smallest absolute Gasteiger partial charge is 0.217 e. The van der Waals surface area contributed by atoms with Gasteiger partial charge in [0.1, 0.15) is 5.82 Å². The Labute approximate surface area is 91.9 Å². The standard InChI is InChI=1S/C10H11ClFNO2/c1-6(15)13-10(5-14)8-4-7(11)2-3-9(8)12/h2-4,10,14H,5H2,1H3,(H,13,15). The number of aliphatic hydroxyl groups excluding tert-OH is 1. The Hall–Kier alpha value is -1.13. The summed E-state index contributed by atoms with van der Waals surface area (Å²) < 4.78 is 13.3. The Bertz CT molecular complexity index is 370. The summed E-state index contributed by atoms with van der Waals surface area (Å²) in [5.74, 6) is -0.847. The molecule has 0 saturated heterocycles. The fraction of sp³-hybridized carbons (Fsp3) is 0.300. The van der Waals surface area contributed by atoms with Crippen molar-refractivity contribution >= 4 is 17.5 Å². The summed E-state index contributed by atoms with van der Waals surface area (Å²) in [6.45, 7) is 0.919. The molecule has 1 unspecified atom stereocenters. The first-order chi connectivity index (χ1) is 7.04. The van der Waals surface area contributed by atoms with Gasteiger partial charge in [-0.3, -0.25) is 4.79 Å². The molecule has 0 aliphatic carbocycles. The van der Waals surface area contributed by atoms with E-state index in [4.69, 9.17) is 16.7 Å². The van der Waals surface area contributed by atoms with Crippen LogP contribution in [0, 0.1) is 5.82 Å². The SMILES string of the molecule is CC(=O)NC(CO)c1cc(Cl)ccc1F. The van der Waals surface area contributed by atoms with E-state index in [1.807, 2.05) is 0 Å². The molecule has 0 heterocycles. The van der Waals surface area contributed by atoms with Gasteiger partial charge in [-0.1, -0.05) is 11.6 Å². The molecule has 0 aliphatic rings. The van der Waals surface area contributed by atoms with E-state index in [0.717, 1.165) is 0 Å². The van der Waals surface area contributed by atoms with Crippen molar-refractivity contribution in [2.75, 3.05) is 6.61 Å². The number of halogens is 2. The van der Waals surface area contributed by atoms with Gasteiger partial charge in [0.25, 0.3) is 0 Å². The molecule has 1 aromatic carbocycles. The lowest BCUT2D eigenvalue weighted by molar-refractivity contribution is -0.120. The largest absolute Gasteiger partial charge is 0.394 e. The summed E-state index contributed by atoms with van der Waals surface area (Å²) in [4.78, 5) is 10.8. The molecule has 1 aromatic rings. The number of benzene rings is 1. The van der Waals surface area contributed by atoms with Crippen LogP contribution in [0.25, 0.3) is 0 Å². The topological polar surface area (TPSA) is 49.3 Å². The van der Waals surface area contributed by atoms with E-state index in [-0.39, 0.29) is 18.1 Å². The Morgan fingerprint density at radius 3 is 2.87 bits per heavy atom. The fourth-order valence-corrected chi connectivity index (χ4v) is 1.43. The average molecular weight is 232 g/mol. The van der Waals surface area contributed by atoms with E-state index in [9.17, 15) is 9.18 Å². The second kappa shape index (κ2) is 5.09. The predicted octanol–water partition coefficient (Wildman–Crippen LogP) is 1.65. The lowest BCUT2D eigenvalue weighted by atomic mass is 10.1. The summed E-state index contributed by atoms with van der Waals surface area (Å²) in [5.41, 5.74) is 0.181. The second-order valence-corrected chi connectivity index (χ2v) is 3.54. The molecular formula is C10H11ClFNO2. The molecule has 82 valence electrons. The summed E-state index contributed by atoms with van der Waals surface area (Å²) in [7, 11) is 0. The molecule has 0 saturated carbocycles. The van der Waals surface area contributed by atoms with Gasteiger partial charge in [-0.15, -0.1) is 0 Å². The van der Waals surface area contributed by atoms with Crippen molar-refractivity contribution in [2.24, 2.45) is 0 Å². The number of amides is 1. The van der Waals surface area contributed by atoms with Crippen molar-refractivity contribution in [1.29, 1.82) is 0 Å². The molecule has 0 fully saturated rings. The summed E-state index contributed by atoms with van der Waals surface area (Å²) in [6, 6.07) is 3.22. The Balaban J connectivity index is 3.00. The monoisotopic (exact) mass is 231 g/mol. The van der Waals surface area contributed by atoms with Gasteiger partial charge in [-0.05, 0) is 18.2 Å². The Kier molecular flexibility index (Phi) is 4.05. The summed E-state index contributed by atoms with van der Waals surface area (Å²) >= 11 is 5.69. The Morgan fingerprint density at radius 1 is 1.67 bits per heavy atom. The lowest BCUT2D eigenvalue weighted by Crippen LogP contribution is -2.29. The summed E-state index contributed by atoms with van der Waals surface area (Å²) in [5, 5.41) is 11.8. The molecule has 0 spiro atoms. The molecule has 1 amide bonds. The van der Waals surface area contributed by atoms with Crippen molar-refractivity contribution in [3.05, 3.63) is 34.6 Å². The molecule has 15 heavy (non-hydrogen) atoms. The van der Waals surface area contributed by atoms with E-state index in [1.54, 1.807) is 0 Å². The maximum absolute atomic E-state index is 13.3. The highest BCUT2D eigenvalue weighted by Crippen LogP contribution is 2.21. The molecule has 0 radical (unpaired) electrons. The van der Waals surface area contributed by atoms with Gasteiger partial charge in [0.05, 0.1) is 12.6 Å². The molecule has 1 atom stereocenters. The zero-order chi connectivity index (χ0) is 11.4. The van der Waals surface area contributed by atoms with E-state index in [2.05, 4.69) is 5.32 Å². The Morgan fingerprint density at radius 2 is 2.33 bits per heavy atom. The van der Waals surface area contributed by atoms with E-state index in [1.165, 1.54) is 25.1 Å². The number of hydrogen-bond donors (Lipinski definition) is 2.